The lowest BCUT2D eigenvalue weighted by Gasteiger charge is -2.24. The quantitative estimate of drug-likeness (QED) is 0.256. The highest BCUT2D eigenvalue weighted by Gasteiger charge is 2.29. The Bertz CT molecular complexity index is 1170. The van der Waals surface area contributed by atoms with Gasteiger partial charge in [0, 0.05) is 11.1 Å². The molecule has 3 rings (SSSR count). The molecule has 34 heavy (non-hydrogen) atoms. The summed E-state index contributed by atoms with van der Waals surface area (Å²) in [5.74, 6) is -1.47. The number of nitrogens with one attached hydrogen (secondary N) is 2. The number of esters is 1. The van der Waals surface area contributed by atoms with Gasteiger partial charge in [-0.2, -0.15) is 0 Å². The molecule has 0 aliphatic rings. The van der Waals surface area contributed by atoms with Gasteiger partial charge in [-0.25, -0.2) is 0 Å². The van der Waals surface area contributed by atoms with Gasteiger partial charge in [-0.3, -0.25) is 15.0 Å². The van der Waals surface area contributed by atoms with E-state index in [4.69, 9.17) is 15.9 Å². The third-order valence-electron chi connectivity index (χ3n) is 5.54. The number of rotatable bonds is 9. The molecule has 0 unspecified atom stereocenters. The smallest absolute Gasteiger partial charge is 0.311 e. The fourth-order valence-electron chi connectivity index (χ4n) is 3.63. The molecule has 3 aromatic rings. The maximum atomic E-state index is 13.0. The van der Waals surface area contributed by atoms with Gasteiger partial charge in [-0.05, 0) is 42.7 Å². The van der Waals surface area contributed by atoms with E-state index in [0.29, 0.717) is 17.5 Å². The first-order valence-electron chi connectivity index (χ1n) is 11.0. The topological polar surface area (TPSA) is 105 Å². The molecule has 0 aliphatic heterocycles. The molecular formula is C28H29N3O3. The first kappa shape index (κ1) is 24.5. The Morgan fingerprint density at radius 3 is 2.35 bits per heavy atom. The number of nitrogen functional groups attached to an aromatic ring is 1. The van der Waals surface area contributed by atoms with Crippen molar-refractivity contribution in [2.75, 3.05) is 7.11 Å². The van der Waals surface area contributed by atoms with Crippen LogP contribution >= 0.6 is 0 Å². The van der Waals surface area contributed by atoms with Crippen LogP contribution in [-0.4, -0.2) is 30.9 Å². The molecule has 0 bridgehead atoms. The monoisotopic (exact) mass is 455 g/mol. The molecule has 0 radical (unpaired) electrons. The van der Waals surface area contributed by atoms with Crippen molar-refractivity contribution in [3.05, 3.63) is 113 Å². The number of hydrogen-bond acceptors (Lipinski definition) is 4. The largest absolute Gasteiger partial charge is 0.469 e. The summed E-state index contributed by atoms with van der Waals surface area (Å²) in [5.41, 5.74) is 9.52. The normalized spacial score (nSPS) is 12.6. The number of ether oxygens (including phenoxy) is 1. The molecule has 0 saturated carbocycles. The van der Waals surface area contributed by atoms with Crippen LogP contribution in [0.3, 0.4) is 0 Å². The van der Waals surface area contributed by atoms with Crippen molar-refractivity contribution < 1.29 is 14.3 Å². The molecule has 6 heteroatoms. The van der Waals surface area contributed by atoms with Crippen LogP contribution in [0.2, 0.25) is 0 Å². The average Bonchev–Trinajstić information content (AvgIpc) is 2.85. The van der Waals surface area contributed by atoms with E-state index in [1.807, 2.05) is 67.6 Å². The summed E-state index contributed by atoms with van der Waals surface area (Å²) < 4.78 is 5.11. The van der Waals surface area contributed by atoms with Crippen molar-refractivity contribution >= 4 is 23.8 Å². The lowest BCUT2D eigenvalue weighted by Crippen LogP contribution is -2.43. The lowest BCUT2D eigenvalue weighted by molar-refractivity contribution is -0.145. The van der Waals surface area contributed by atoms with Gasteiger partial charge in [0.25, 0.3) is 5.91 Å². The molecule has 0 heterocycles. The van der Waals surface area contributed by atoms with Crippen LogP contribution in [0.5, 0.6) is 0 Å². The van der Waals surface area contributed by atoms with E-state index in [1.165, 1.54) is 7.11 Å². The molecule has 6 nitrogen and oxygen atoms in total. The number of nitrogens with two attached hydrogens (primary N) is 1. The molecule has 0 saturated heterocycles. The third-order valence-corrected chi connectivity index (χ3v) is 5.54. The Labute approximate surface area is 200 Å². The zero-order valence-corrected chi connectivity index (χ0v) is 19.3. The number of carbonyl (C=O) groups is 2. The van der Waals surface area contributed by atoms with E-state index in [0.717, 1.165) is 16.7 Å². The van der Waals surface area contributed by atoms with Crippen molar-refractivity contribution in [2.24, 2.45) is 11.7 Å². The van der Waals surface area contributed by atoms with Gasteiger partial charge >= 0.3 is 5.97 Å². The summed E-state index contributed by atoms with van der Waals surface area (Å²) in [5, 5.41) is 10.7. The number of amides is 1. The van der Waals surface area contributed by atoms with E-state index in [2.05, 4.69) is 5.32 Å². The van der Waals surface area contributed by atoms with Gasteiger partial charge in [0.1, 0.15) is 5.84 Å². The van der Waals surface area contributed by atoms with E-state index in [-0.39, 0.29) is 11.7 Å². The Morgan fingerprint density at radius 2 is 1.71 bits per heavy atom. The second kappa shape index (κ2) is 11.6. The van der Waals surface area contributed by atoms with Crippen LogP contribution in [0.25, 0.3) is 6.08 Å². The molecule has 1 amide bonds. The van der Waals surface area contributed by atoms with Crippen molar-refractivity contribution in [1.29, 1.82) is 5.41 Å². The lowest BCUT2D eigenvalue weighted by atomic mass is 9.90. The predicted molar refractivity (Wildman–Crippen MR) is 135 cm³/mol. The summed E-state index contributed by atoms with van der Waals surface area (Å²) in [6, 6.07) is 23.4. The molecular weight excluding hydrogens is 426 g/mol. The fraction of sp³-hybridized carbons (Fsp3) is 0.179. The number of carbonyl (C=O) groups excluding carboxylic acids is 2. The number of aryl methyl sites for hydroxylation is 1. The minimum absolute atomic E-state index is 0.0512. The molecule has 4 N–H and O–H groups in total. The highest BCUT2D eigenvalue weighted by atomic mass is 16.5. The zero-order valence-electron chi connectivity index (χ0n) is 19.3. The predicted octanol–water partition coefficient (Wildman–Crippen LogP) is 4.12. The molecule has 0 aliphatic carbocycles. The highest BCUT2D eigenvalue weighted by Crippen LogP contribution is 2.19. The molecule has 174 valence electrons. The van der Waals surface area contributed by atoms with Gasteiger partial charge in [-0.15, -0.1) is 0 Å². The summed E-state index contributed by atoms with van der Waals surface area (Å²) in [7, 11) is 1.33. The Kier molecular flexibility index (Phi) is 8.35. The molecule has 3 aromatic carbocycles. The number of hydrogen-bond donors (Lipinski definition) is 3. The first-order chi connectivity index (χ1) is 16.4. The average molecular weight is 456 g/mol. The van der Waals surface area contributed by atoms with Crippen LogP contribution < -0.4 is 11.1 Å². The second-order valence-corrected chi connectivity index (χ2v) is 8.08. The van der Waals surface area contributed by atoms with Gasteiger partial charge < -0.3 is 15.8 Å². The molecule has 0 spiro atoms. The summed E-state index contributed by atoms with van der Waals surface area (Å²) in [6.07, 6.45) is 3.99. The van der Waals surface area contributed by atoms with Crippen molar-refractivity contribution in [3.8, 4) is 0 Å². The van der Waals surface area contributed by atoms with Crippen LogP contribution in [0.4, 0.5) is 0 Å². The first-order valence-corrected chi connectivity index (χ1v) is 11.0. The van der Waals surface area contributed by atoms with Crippen LogP contribution in [0.1, 0.15) is 32.6 Å². The van der Waals surface area contributed by atoms with Crippen molar-refractivity contribution in [1.82, 2.24) is 5.32 Å². The third kappa shape index (κ3) is 6.65. The van der Waals surface area contributed by atoms with Gasteiger partial charge in [-0.1, -0.05) is 78.4 Å². The van der Waals surface area contributed by atoms with Crippen molar-refractivity contribution in [2.45, 2.75) is 19.4 Å². The van der Waals surface area contributed by atoms with Crippen molar-refractivity contribution in [3.63, 3.8) is 0 Å². The Hall–Kier alpha value is -4.19. The van der Waals surface area contributed by atoms with Crippen LogP contribution in [-0.2, 0) is 16.0 Å². The maximum Gasteiger partial charge on any atom is 0.311 e. The van der Waals surface area contributed by atoms with E-state index in [9.17, 15) is 9.59 Å². The maximum absolute atomic E-state index is 13.0. The van der Waals surface area contributed by atoms with Crippen LogP contribution in [0, 0.1) is 18.3 Å². The minimum Gasteiger partial charge on any atom is -0.469 e. The SMILES string of the molecule is COC(=O)[C@@H](Cc1cccc(C(=N)N)c1)[C@H](/C=C/c1ccccc1)NC(=O)c1ccc(C)cc1. The Morgan fingerprint density at radius 1 is 1.00 bits per heavy atom. The summed E-state index contributed by atoms with van der Waals surface area (Å²) in [4.78, 5) is 25.9. The molecule has 0 aromatic heterocycles. The zero-order chi connectivity index (χ0) is 24.5. The summed E-state index contributed by atoms with van der Waals surface area (Å²) >= 11 is 0. The fourth-order valence-corrected chi connectivity index (χ4v) is 3.63. The highest BCUT2D eigenvalue weighted by molar-refractivity contribution is 5.95. The van der Waals surface area contributed by atoms with Crippen LogP contribution in [0.15, 0.2) is 84.9 Å². The molecule has 2 atom stereocenters. The summed E-state index contributed by atoms with van der Waals surface area (Å²) in [6.45, 7) is 1.95. The van der Waals surface area contributed by atoms with E-state index >= 15 is 0 Å². The standard InChI is InChI=1S/C28H29N3O3/c1-19-11-14-22(15-12-19)27(32)31-25(16-13-20-7-4-3-5-8-20)24(28(33)34-2)18-21-9-6-10-23(17-21)26(29)30/h3-17,24-25H,18H2,1-2H3,(H3,29,30)(H,31,32)/b16-13+/t24-,25-/m0/s1. The number of methoxy groups -OCH3 is 1. The number of benzene rings is 3. The van der Waals surface area contributed by atoms with Gasteiger partial charge in [0.2, 0.25) is 0 Å². The van der Waals surface area contributed by atoms with Gasteiger partial charge in [0.15, 0.2) is 0 Å². The van der Waals surface area contributed by atoms with E-state index < -0.39 is 17.9 Å². The van der Waals surface area contributed by atoms with Gasteiger partial charge in [0.05, 0.1) is 19.1 Å². The second-order valence-electron chi connectivity index (χ2n) is 8.08. The number of amidine groups is 1. The Balaban J connectivity index is 1.95. The minimum atomic E-state index is -0.693. The van der Waals surface area contributed by atoms with E-state index in [1.54, 1.807) is 30.3 Å². The molecule has 0 fully saturated rings.